The molecule has 1 amide bonds. The molecule has 0 bridgehead atoms. The molecule has 132 valence electrons. The predicted octanol–water partition coefficient (Wildman–Crippen LogP) is 4.54. The van der Waals surface area contributed by atoms with E-state index in [1.807, 2.05) is 29.2 Å². The summed E-state index contributed by atoms with van der Waals surface area (Å²) < 4.78 is 0. The molecule has 1 atom stereocenters. The first kappa shape index (κ1) is 17.1. The van der Waals surface area contributed by atoms with Crippen molar-refractivity contribution in [2.75, 3.05) is 16.8 Å². The Bertz CT molecular complexity index is 958. The maximum atomic E-state index is 12.8. The average molecular weight is 387 g/mol. The summed E-state index contributed by atoms with van der Waals surface area (Å²) in [6.45, 7) is 0.765. The second-order valence-electron chi connectivity index (χ2n) is 6.22. The van der Waals surface area contributed by atoms with E-state index in [4.69, 9.17) is 23.2 Å². The summed E-state index contributed by atoms with van der Waals surface area (Å²) in [6.07, 6.45) is 3.40. The zero-order valence-corrected chi connectivity index (χ0v) is 15.3. The summed E-state index contributed by atoms with van der Waals surface area (Å²) in [5.74, 6) is 0.612. The first-order chi connectivity index (χ1) is 12.6. The Morgan fingerprint density at radius 3 is 2.62 bits per heavy atom. The van der Waals surface area contributed by atoms with Crippen molar-refractivity contribution < 1.29 is 4.79 Å². The second-order valence-corrected chi connectivity index (χ2v) is 7.09. The highest BCUT2D eigenvalue weighted by atomic mass is 35.5. The molecule has 2 heterocycles. The number of benzene rings is 2. The number of hydrogen-bond donors (Lipinski definition) is 1. The van der Waals surface area contributed by atoms with Gasteiger partial charge in [-0.15, -0.1) is 0 Å². The zero-order valence-electron chi connectivity index (χ0n) is 13.8. The van der Waals surface area contributed by atoms with Gasteiger partial charge in [0.1, 0.15) is 11.9 Å². The van der Waals surface area contributed by atoms with Gasteiger partial charge in [-0.05, 0) is 43.2 Å². The molecular weight excluding hydrogens is 371 g/mol. The molecule has 26 heavy (non-hydrogen) atoms. The van der Waals surface area contributed by atoms with Crippen molar-refractivity contribution in [1.82, 2.24) is 9.97 Å². The standard InChI is InChI=1S/C19H16Cl2N4O/c20-12-8-13(21)10-14(9-12)23-19(26)17-6-3-7-25(17)18-11-22-15-4-1-2-5-16(15)24-18/h1-2,4-5,8-11,17H,3,6-7H2,(H,23,26). The number of hydrogen-bond acceptors (Lipinski definition) is 4. The molecule has 1 unspecified atom stereocenters. The largest absolute Gasteiger partial charge is 0.343 e. The van der Waals surface area contributed by atoms with Gasteiger partial charge in [-0.2, -0.15) is 0 Å². The number of carbonyl (C=O) groups is 1. The lowest BCUT2D eigenvalue weighted by Gasteiger charge is -2.24. The van der Waals surface area contributed by atoms with Crippen LogP contribution in [0.15, 0.2) is 48.7 Å². The molecule has 1 fully saturated rings. The number of halogens is 2. The minimum atomic E-state index is -0.303. The number of nitrogens with zero attached hydrogens (tertiary/aromatic N) is 3. The van der Waals surface area contributed by atoms with Crippen LogP contribution in [0.4, 0.5) is 11.5 Å². The summed E-state index contributed by atoms with van der Waals surface area (Å²) in [6, 6.07) is 12.4. The number of anilines is 2. The maximum absolute atomic E-state index is 12.8. The molecule has 1 aliphatic heterocycles. The lowest BCUT2D eigenvalue weighted by molar-refractivity contribution is -0.117. The van der Waals surface area contributed by atoms with E-state index in [2.05, 4.69) is 15.3 Å². The van der Waals surface area contributed by atoms with Crippen molar-refractivity contribution in [3.05, 3.63) is 58.7 Å². The summed E-state index contributed by atoms with van der Waals surface area (Å²) in [4.78, 5) is 23.9. The molecule has 7 heteroatoms. The normalized spacial score (nSPS) is 16.8. The monoisotopic (exact) mass is 386 g/mol. The fourth-order valence-corrected chi connectivity index (χ4v) is 3.78. The van der Waals surface area contributed by atoms with Gasteiger partial charge in [0.05, 0.1) is 17.2 Å². The van der Waals surface area contributed by atoms with Crippen LogP contribution in [0.25, 0.3) is 11.0 Å². The van der Waals surface area contributed by atoms with Gasteiger partial charge in [-0.25, -0.2) is 4.98 Å². The van der Waals surface area contributed by atoms with Crippen molar-refractivity contribution in [3.63, 3.8) is 0 Å². The van der Waals surface area contributed by atoms with Gasteiger partial charge < -0.3 is 10.2 Å². The van der Waals surface area contributed by atoms with Gasteiger partial charge in [0.2, 0.25) is 5.91 Å². The van der Waals surface area contributed by atoms with Crippen molar-refractivity contribution in [2.45, 2.75) is 18.9 Å². The van der Waals surface area contributed by atoms with E-state index in [1.54, 1.807) is 24.4 Å². The summed E-state index contributed by atoms with van der Waals surface area (Å²) in [7, 11) is 0. The SMILES string of the molecule is O=C(Nc1cc(Cl)cc(Cl)c1)C1CCCN1c1cnc2ccccc2n1. The number of fused-ring (bicyclic) bond motifs is 1. The molecule has 1 aromatic heterocycles. The van der Waals surface area contributed by atoms with Crippen molar-refractivity contribution >= 4 is 51.6 Å². The van der Waals surface area contributed by atoms with Crippen molar-refractivity contribution in [1.29, 1.82) is 0 Å². The molecule has 1 N–H and O–H groups in total. The van der Waals surface area contributed by atoms with E-state index >= 15 is 0 Å². The Labute approximate surface area is 161 Å². The molecule has 2 aromatic carbocycles. The third-order valence-corrected chi connectivity index (χ3v) is 4.85. The van der Waals surface area contributed by atoms with Crippen LogP contribution in [-0.4, -0.2) is 28.5 Å². The Balaban J connectivity index is 1.57. The highest BCUT2D eigenvalue weighted by Crippen LogP contribution is 2.27. The molecule has 5 nitrogen and oxygen atoms in total. The molecule has 4 rings (SSSR count). The van der Waals surface area contributed by atoms with E-state index in [0.717, 1.165) is 30.4 Å². The Morgan fingerprint density at radius 1 is 1.12 bits per heavy atom. The lowest BCUT2D eigenvalue weighted by atomic mass is 10.2. The number of rotatable bonds is 3. The van der Waals surface area contributed by atoms with E-state index in [9.17, 15) is 4.79 Å². The van der Waals surface area contributed by atoms with Gasteiger partial charge in [-0.1, -0.05) is 35.3 Å². The smallest absolute Gasteiger partial charge is 0.247 e. The first-order valence-corrected chi connectivity index (χ1v) is 9.11. The number of carbonyl (C=O) groups excluding carboxylic acids is 1. The minimum absolute atomic E-state index is 0.101. The predicted molar refractivity (Wildman–Crippen MR) is 105 cm³/mol. The zero-order chi connectivity index (χ0) is 18.1. The van der Waals surface area contributed by atoms with Gasteiger partial charge >= 0.3 is 0 Å². The molecule has 0 saturated carbocycles. The molecule has 1 aliphatic rings. The molecular formula is C19H16Cl2N4O. The Morgan fingerprint density at radius 2 is 1.85 bits per heavy atom. The molecule has 0 radical (unpaired) electrons. The fourth-order valence-electron chi connectivity index (χ4n) is 3.25. The van der Waals surface area contributed by atoms with Crippen LogP contribution in [0.3, 0.4) is 0 Å². The first-order valence-electron chi connectivity index (χ1n) is 8.35. The van der Waals surface area contributed by atoms with Gasteiger partial charge in [0.25, 0.3) is 0 Å². The van der Waals surface area contributed by atoms with Crippen LogP contribution in [0.2, 0.25) is 10.0 Å². The van der Waals surface area contributed by atoms with Crippen molar-refractivity contribution in [2.24, 2.45) is 0 Å². The second kappa shape index (κ2) is 7.09. The third kappa shape index (κ3) is 3.45. The van der Waals surface area contributed by atoms with Crippen molar-refractivity contribution in [3.8, 4) is 0 Å². The van der Waals surface area contributed by atoms with E-state index in [0.29, 0.717) is 21.6 Å². The molecule has 0 spiro atoms. The van der Waals surface area contributed by atoms with Crippen LogP contribution in [-0.2, 0) is 4.79 Å². The molecule has 0 aliphatic carbocycles. The Kier molecular flexibility index (Phi) is 4.66. The number of aromatic nitrogens is 2. The van der Waals surface area contributed by atoms with Gasteiger partial charge in [0.15, 0.2) is 0 Å². The van der Waals surface area contributed by atoms with E-state index in [1.165, 1.54) is 0 Å². The van der Waals surface area contributed by atoms with E-state index in [-0.39, 0.29) is 11.9 Å². The number of nitrogens with one attached hydrogen (secondary N) is 1. The average Bonchev–Trinajstić information content (AvgIpc) is 3.10. The highest BCUT2D eigenvalue weighted by molar-refractivity contribution is 6.35. The van der Waals surface area contributed by atoms with Crippen LogP contribution in [0, 0.1) is 0 Å². The fraction of sp³-hybridized carbons (Fsp3) is 0.211. The highest BCUT2D eigenvalue weighted by Gasteiger charge is 2.32. The lowest BCUT2D eigenvalue weighted by Crippen LogP contribution is -2.40. The number of amides is 1. The van der Waals surface area contributed by atoms with Gasteiger partial charge in [0, 0.05) is 22.3 Å². The molecule has 1 saturated heterocycles. The van der Waals surface area contributed by atoms with Crippen LogP contribution in [0.5, 0.6) is 0 Å². The number of para-hydroxylation sites is 2. The topological polar surface area (TPSA) is 58.1 Å². The Hall–Kier alpha value is -2.37. The third-order valence-electron chi connectivity index (χ3n) is 4.42. The van der Waals surface area contributed by atoms with Crippen LogP contribution in [0.1, 0.15) is 12.8 Å². The molecule has 3 aromatic rings. The van der Waals surface area contributed by atoms with Crippen LogP contribution >= 0.6 is 23.2 Å². The summed E-state index contributed by atoms with van der Waals surface area (Å²) in [5, 5.41) is 3.87. The van der Waals surface area contributed by atoms with Crippen LogP contribution < -0.4 is 10.2 Å². The summed E-state index contributed by atoms with van der Waals surface area (Å²) in [5.41, 5.74) is 2.24. The summed E-state index contributed by atoms with van der Waals surface area (Å²) >= 11 is 12.0. The van der Waals surface area contributed by atoms with E-state index < -0.39 is 0 Å². The quantitative estimate of drug-likeness (QED) is 0.717. The minimum Gasteiger partial charge on any atom is -0.343 e. The maximum Gasteiger partial charge on any atom is 0.247 e. The van der Waals surface area contributed by atoms with Gasteiger partial charge in [-0.3, -0.25) is 9.78 Å².